The number of ether oxygens (including phenoxy) is 1. The van der Waals surface area contributed by atoms with Gasteiger partial charge in [-0.1, -0.05) is 32.0 Å². The van der Waals surface area contributed by atoms with Crippen molar-refractivity contribution in [3.8, 4) is 5.75 Å². The quantitative estimate of drug-likeness (QED) is 0.341. The first-order valence-corrected chi connectivity index (χ1v) is 10.3. The molecule has 1 fully saturated rings. The maximum absolute atomic E-state index is 5.99. The molecule has 2 N–H and O–H groups in total. The van der Waals surface area contributed by atoms with Crippen molar-refractivity contribution in [2.75, 3.05) is 59.4 Å². The van der Waals surface area contributed by atoms with E-state index in [4.69, 9.17) is 4.74 Å². The summed E-state index contributed by atoms with van der Waals surface area (Å²) in [6, 6.07) is 8.29. The highest BCUT2D eigenvalue weighted by Gasteiger charge is 2.22. The van der Waals surface area contributed by atoms with E-state index in [-0.39, 0.29) is 30.1 Å². The minimum atomic E-state index is 0. The van der Waals surface area contributed by atoms with Crippen LogP contribution in [-0.2, 0) is 6.42 Å². The molecule has 28 heavy (non-hydrogen) atoms. The van der Waals surface area contributed by atoms with Crippen LogP contribution in [-0.4, -0.2) is 81.3 Å². The zero-order valence-corrected chi connectivity index (χ0v) is 19.8. The Bertz CT molecular complexity index is 594. The number of rotatable bonds is 7. The van der Waals surface area contributed by atoms with Gasteiger partial charge in [-0.2, -0.15) is 0 Å². The third-order valence-corrected chi connectivity index (χ3v) is 5.53. The summed E-state index contributed by atoms with van der Waals surface area (Å²) in [5, 5.41) is 6.88. The number of para-hydroxylation sites is 1. The van der Waals surface area contributed by atoms with E-state index in [2.05, 4.69) is 51.4 Å². The van der Waals surface area contributed by atoms with Crippen LogP contribution in [0.2, 0.25) is 0 Å². The molecule has 2 heterocycles. The Hall–Kier alpha value is -1.06. The van der Waals surface area contributed by atoms with Crippen LogP contribution in [0.4, 0.5) is 0 Å². The molecule has 0 saturated carbocycles. The second-order valence-corrected chi connectivity index (χ2v) is 7.73. The van der Waals surface area contributed by atoms with E-state index >= 15 is 0 Å². The summed E-state index contributed by atoms with van der Waals surface area (Å²) >= 11 is 0. The van der Waals surface area contributed by atoms with Crippen molar-refractivity contribution in [3.63, 3.8) is 0 Å². The summed E-state index contributed by atoms with van der Waals surface area (Å²) in [6.07, 6.45) is 1.13. The van der Waals surface area contributed by atoms with Crippen molar-refractivity contribution in [1.29, 1.82) is 0 Å². The number of nitrogens with zero attached hydrogens (tertiary/aromatic N) is 3. The van der Waals surface area contributed by atoms with Crippen LogP contribution in [0.15, 0.2) is 29.3 Å². The molecule has 2 unspecified atom stereocenters. The van der Waals surface area contributed by atoms with Gasteiger partial charge < -0.3 is 25.2 Å². The van der Waals surface area contributed by atoms with Gasteiger partial charge in [-0.15, -0.1) is 24.0 Å². The fourth-order valence-corrected chi connectivity index (χ4v) is 3.86. The van der Waals surface area contributed by atoms with E-state index in [1.54, 1.807) is 0 Å². The average Bonchev–Trinajstić information content (AvgIpc) is 3.11. The van der Waals surface area contributed by atoms with Crippen LogP contribution in [0, 0.1) is 5.92 Å². The Morgan fingerprint density at radius 3 is 2.57 bits per heavy atom. The maximum Gasteiger partial charge on any atom is 0.191 e. The van der Waals surface area contributed by atoms with Crippen molar-refractivity contribution >= 4 is 29.9 Å². The normalized spacial score (nSPS) is 21.4. The monoisotopic (exact) mass is 501 g/mol. The van der Waals surface area contributed by atoms with Crippen molar-refractivity contribution in [3.05, 3.63) is 29.8 Å². The number of fused-ring (bicyclic) bond motifs is 1. The highest BCUT2D eigenvalue weighted by Crippen LogP contribution is 2.27. The van der Waals surface area contributed by atoms with Crippen LogP contribution >= 0.6 is 24.0 Å². The number of hydrogen-bond acceptors (Lipinski definition) is 4. The van der Waals surface area contributed by atoms with Crippen LogP contribution in [0.25, 0.3) is 0 Å². The number of likely N-dealkylation sites (N-methyl/N-ethyl adjacent to an activating group) is 1. The zero-order valence-electron chi connectivity index (χ0n) is 17.5. The predicted molar refractivity (Wildman–Crippen MR) is 127 cm³/mol. The zero-order chi connectivity index (χ0) is 19.1. The van der Waals surface area contributed by atoms with E-state index < -0.39 is 0 Å². The Morgan fingerprint density at radius 2 is 1.89 bits per heavy atom. The lowest BCUT2D eigenvalue weighted by atomic mass is 10.1. The van der Waals surface area contributed by atoms with E-state index in [1.807, 2.05) is 19.2 Å². The van der Waals surface area contributed by atoms with Gasteiger partial charge in [-0.3, -0.25) is 4.99 Å². The molecule has 3 rings (SSSR count). The molecular weight excluding hydrogens is 465 g/mol. The lowest BCUT2D eigenvalue weighted by molar-refractivity contribution is 0.124. The van der Waals surface area contributed by atoms with Crippen LogP contribution in [0.3, 0.4) is 0 Å². The highest BCUT2D eigenvalue weighted by molar-refractivity contribution is 14.0. The summed E-state index contributed by atoms with van der Waals surface area (Å²) in [7, 11) is 1.83. The number of piperazine rings is 1. The van der Waals surface area contributed by atoms with Crippen molar-refractivity contribution in [2.24, 2.45) is 10.9 Å². The van der Waals surface area contributed by atoms with Crippen molar-refractivity contribution in [2.45, 2.75) is 26.4 Å². The minimum Gasteiger partial charge on any atom is -0.488 e. The molecule has 1 aromatic carbocycles. The molecule has 0 bridgehead atoms. The largest absolute Gasteiger partial charge is 0.488 e. The van der Waals surface area contributed by atoms with Gasteiger partial charge in [0.2, 0.25) is 0 Å². The van der Waals surface area contributed by atoms with Gasteiger partial charge in [0, 0.05) is 52.7 Å². The SMILES string of the molecule is CCN1CCN(CC(C)CNC(=NC)NCC2Cc3ccccc3O2)CC1.I. The van der Waals surface area contributed by atoms with E-state index in [1.165, 1.54) is 38.3 Å². The van der Waals surface area contributed by atoms with E-state index in [0.717, 1.165) is 37.8 Å². The number of benzene rings is 1. The molecule has 0 radical (unpaired) electrons. The molecule has 7 heteroatoms. The average molecular weight is 501 g/mol. The molecule has 1 aromatic rings. The fraction of sp³-hybridized carbons (Fsp3) is 0.667. The van der Waals surface area contributed by atoms with Crippen molar-refractivity contribution in [1.82, 2.24) is 20.4 Å². The Balaban J connectivity index is 0.00000280. The number of guanidine groups is 1. The Kier molecular flexibility index (Phi) is 9.81. The molecule has 0 aromatic heterocycles. The third-order valence-electron chi connectivity index (χ3n) is 5.53. The summed E-state index contributed by atoms with van der Waals surface area (Å²) in [5.41, 5.74) is 1.30. The first-order chi connectivity index (χ1) is 13.2. The fourth-order valence-electron chi connectivity index (χ4n) is 3.86. The highest BCUT2D eigenvalue weighted by atomic mass is 127. The second-order valence-electron chi connectivity index (χ2n) is 7.73. The first kappa shape index (κ1) is 23.2. The lowest BCUT2D eigenvalue weighted by Crippen LogP contribution is -2.49. The maximum atomic E-state index is 5.99. The number of aliphatic imine (C=N–C) groups is 1. The van der Waals surface area contributed by atoms with E-state index in [0.29, 0.717) is 5.92 Å². The van der Waals surface area contributed by atoms with Gasteiger partial charge in [0.05, 0.1) is 6.54 Å². The van der Waals surface area contributed by atoms with Crippen LogP contribution in [0.1, 0.15) is 19.4 Å². The molecule has 158 valence electrons. The Labute approximate surface area is 187 Å². The lowest BCUT2D eigenvalue weighted by Gasteiger charge is -2.35. The summed E-state index contributed by atoms with van der Waals surface area (Å²) in [5.74, 6) is 2.46. The predicted octanol–water partition coefficient (Wildman–Crippen LogP) is 2.05. The van der Waals surface area contributed by atoms with Gasteiger partial charge in [-0.25, -0.2) is 0 Å². The standard InChI is InChI=1S/C21H35N5O.HI/c1-4-25-9-11-26(12-10-25)16-17(2)14-23-21(22-3)24-15-19-13-18-7-5-6-8-20(18)27-19;/h5-8,17,19H,4,9-16H2,1-3H3,(H2,22,23,24);1H. The van der Waals surface area contributed by atoms with Gasteiger partial charge in [0.25, 0.3) is 0 Å². The molecule has 0 aliphatic carbocycles. The smallest absolute Gasteiger partial charge is 0.191 e. The van der Waals surface area contributed by atoms with Gasteiger partial charge in [0.1, 0.15) is 11.9 Å². The Morgan fingerprint density at radius 1 is 1.18 bits per heavy atom. The minimum absolute atomic E-state index is 0. The van der Waals surface area contributed by atoms with Gasteiger partial charge in [0.15, 0.2) is 5.96 Å². The van der Waals surface area contributed by atoms with E-state index in [9.17, 15) is 0 Å². The third kappa shape index (κ3) is 6.77. The second kappa shape index (κ2) is 11.8. The summed E-state index contributed by atoms with van der Waals surface area (Å²) < 4.78 is 5.99. The molecule has 6 nitrogen and oxygen atoms in total. The van der Waals surface area contributed by atoms with Gasteiger partial charge >= 0.3 is 0 Å². The topological polar surface area (TPSA) is 52.1 Å². The number of halogens is 1. The summed E-state index contributed by atoms with van der Waals surface area (Å²) in [4.78, 5) is 9.46. The molecule has 1 saturated heterocycles. The molecular formula is C21H36IN5O. The summed E-state index contributed by atoms with van der Waals surface area (Å²) in [6.45, 7) is 13.3. The van der Waals surface area contributed by atoms with Crippen molar-refractivity contribution < 1.29 is 4.74 Å². The molecule has 2 aliphatic rings. The first-order valence-electron chi connectivity index (χ1n) is 10.3. The van der Waals surface area contributed by atoms with Gasteiger partial charge in [-0.05, 0) is 24.1 Å². The molecule has 2 atom stereocenters. The number of hydrogen-bond donors (Lipinski definition) is 2. The molecule has 0 spiro atoms. The number of nitrogens with one attached hydrogen (secondary N) is 2. The van der Waals surface area contributed by atoms with Crippen LogP contribution in [0.5, 0.6) is 5.75 Å². The molecule has 0 amide bonds. The molecule has 2 aliphatic heterocycles. The van der Waals surface area contributed by atoms with Crippen LogP contribution < -0.4 is 15.4 Å².